The van der Waals surface area contributed by atoms with Gasteiger partial charge in [0.15, 0.2) is 0 Å². The summed E-state index contributed by atoms with van der Waals surface area (Å²) >= 11 is 3.35. The van der Waals surface area contributed by atoms with E-state index in [1.807, 2.05) is 37.3 Å². The maximum Gasteiger partial charge on any atom is 0.213 e. The van der Waals surface area contributed by atoms with Crippen LogP contribution < -0.4 is 0 Å². The molecule has 1 aromatic carbocycles. The topological polar surface area (TPSA) is 39.9 Å². The Morgan fingerprint density at radius 2 is 2.31 bits per heavy atom. The quantitative estimate of drug-likeness (QED) is 0.639. The number of halogens is 1. The van der Waals surface area contributed by atoms with Gasteiger partial charge in [-0.3, -0.25) is 0 Å². The highest BCUT2D eigenvalue weighted by Crippen LogP contribution is 2.15. The first-order valence-electron chi connectivity index (χ1n) is 5.06. The van der Waals surface area contributed by atoms with Crippen molar-refractivity contribution in [3.8, 4) is 0 Å². The lowest BCUT2D eigenvalue weighted by molar-refractivity contribution is 0.272. The van der Waals surface area contributed by atoms with Crippen LogP contribution >= 0.6 is 15.9 Å². The molecule has 0 N–H and O–H groups in total. The normalized spacial score (nSPS) is 12.0. The van der Waals surface area contributed by atoms with E-state index in [1.54, 1.807) is 4.68 Å². The molecule has 0 amide bonds. The molecule has 5 heteroatoms. The maximum atomic E-state index is 5.53. The highest BCUT2D eigenvalue weighted by Gasteiger charge is 2.08. The molecule has 2 rings (SSSR count). The van der Waals surface area contributed by atoms with Crippen molar-refractivity contribution in [3.05, 3.63) is 30.3 Å². The smallest absolute Gasteiger partial charge is 0.213 e. The second-order valence-electron chi connectivity index (χ2n) is 3.12. The van der Waals surface area contributed by atoms with Crippen LogP contribution in [0.3, 0.4) is 0 Å². The fourth-order valence-electron chi connectivity index (χ4n) is 1.45. The minimum atomic E-state index is 0.604. The Morgan fingerprint density at radius 3 is 3.06 bits per heavy atom. The molecule has 0 spiro atoms. The molecule has 0 aliphatic carbocycles. The molecule has 0 bridgehead atoms. The monoisotopic (exact) mass is 281 g/mol. The second kappa shape index (κ2) is 5.12. The van der Waals surface area contributed by atoms with Crippen molar-refractivity contribution in [2.45, 2.75) is 6.92 Å². The molecule has 0 radical (unpaired) electrons. The molecule has 0 saturated carbocycles. The van der Waals surface area contributed by atoms with Crippen molar-refractivity contribution < 1.29 is 4.74 Å². The summed E-state index contributed by atoms with van der Waals surface area (Å²) in [4.78, 5) is 0. The number of hydrogen-bond acceptors (Lipinski definition) is 3. The fraction of sp³-hybridized carbons (Fsp3) is 0.273. The second-order valence-corrected chi connectivity index (χ2v) is 3.77. The molecular formula is C11H12BrN3O. The highest BCUT2D eigenvalue weighted by atomic mass is 79.9. The molecule has 2 aromatic rings. The van der Waals surface area contributed by atoms with Crippen molar-refractivity contribution in [3.63, 3.8) is 0 Å². The van der Waals surface area contributed by atoms with Gasteiger partial charge in [0.25, 0.3) is 0 Å². The van der Waals surface area contributed by atoms with Crippen LogP contribution in [0.1, 0.15) is 6.92 Å². The van der Waals surface area contributed by atoms with Crippen molar-refractivity contribution in [2.75, 3.05) is 11.9 Å². The third-order valence-corrected chi connectivity index (χ3v) is 2.43. The molecular weight excluding hydrogens is 270 g/mol. The van der Waals surface area contributed by atoms with Gasteiger partial charge in [-0.25, -0.2) is 0 Å². The Labute approximate surface area is 102 Å². The minimum absolute atomic E-state index is 0.604. The zero-order valence-electron chi connectivity index (χ0n) is 8.93. The summed E-state index contributed by atoms with van der Waals surface area (Å²) in [5, 5.41) is 8.89. The summed E-state index contributed by atoms with van der Waals surface area (Å²) < 4.78 is 7.23. The summed E-state index contributed by atoms with van der Waals surface area (Å²) in [6.07, 6.45) is 1.92. The molecule has 0 aliphatic heterocycles. The number of benzene rings is 1. The van der Waals surface area contributed by atoms with Crippen LogP contribution in [0.25, 0.3) is 16.9 Å². The largest absolute Gasteiger partial charge is 0.478 e. The van der Waals surface area contributed by atoms with E-state index in [2.05, 4.69) is 26.2 Å². The van der Waals surface area contributed by atoms with Crippen LogP contribution in [-0.4, -0.2) is 26.9 Å². The third-order valence-electron chi connectivity index (χ3n) is 2.10. The van der Waals surface area contributed by atoms with Gasteiger partial charge in [-0.05, 0) is 25.1 Å². The SMILES string of the molecule is CCOC(=CCBr)n1nnc2ccccc21. The van der Waals surface area contributed by atoms with Crippen molar-refractivity contribution in [1.29, 1.82) is 0 Å². The number of aromatic nitrogens is 3. The first kappa shape index (κ1) is 11.1. The predicted molar refractivity (Wildman–Crippen MR) is 67.2 cm³/mol. The Kier molecular flexibility index (Phi) is 3.56. The summed E-state index contributed by atoms with van der Waals surface area (Å²) in [6.45, 7) is 2.55. The molecule has 0 fully saturated rings. The van der Waals surface area contributed by atoms with Gasteiger partial charge in [0.2, 0.25) is 5.88 Å². The van der Waals surface area contributed by atoms with Crippen LogP contribution in [0.2, 0.25) is 0 Å². The molecule has 0 saturated heterocycles. The molecule has 0 aliphatic rings. The van der Waals surface area contributed by atoms with E-state index in [0.717, 1.165) is 16.4 Å². The van der Waals surface area contributed by atoms with E-state index in [4.69, 9.17) is 4.74 Å². The summed E-state index contributed by atoms with van der Waals surface area (Å²) in [6, 6.07) is 7.79. The molecule has 0 atom stereocenters. The zero-order chi connectivity index (χ0) is 11.4. The van der Waals surface area contributed by atoms with Crippen molar-refractivity contribution in [1.82, 2.24) is 15.0 Å². The number of para-hydroxylation sites is 1. The lowest BCUT2D eigenvalue weighted by Gasteiger charge is -2.07. The van der Waals surface area contributed by atoms with E-state index < -0.39 is 0 Å². The number of alkyl halides is 1. The lowest BCUT2D eigenvalue weighted by atomic mass is 10.3. The van der Waals surface area contributed by atoms with Crippen LogP contribution in [0.4, 0.5) is 0 Å². The minimum Gasteiger partial charge on any atom is -0.478 e. The highest BCUT2D eigenvalue weighted by molar-refractivity contribution is 9.09. The molecule has 0 unspecified atom stereocenters. The number of rotatable bonds is 4. The van der Waals surface area contributed by atoms with Gasteiger partial charge in [0.1, 0.15) is 5.52 Å². The summed E-state index contributed by atoms with van der Waals surface area (Å²) in [5.74, 6) is 0.702. The van der Waals surface area contributed by atoms with Gasteiger partial charge < -0.3 is 4.74 Å². The first-order valence-corrected chi connectivity index (χ1v) is 6.18. The Morgan fingerprint density at radius 1 is 1.50 bits per heavy atom. The van der Waals surface area contributed by atoms with Gasteiger partial charge in [-0.15, -0.1) is 5.10 Å². The predicted octanol–water partition coefficient (Wildman–Crippen LogP) is 2.66. The van der Waals surface area contributed by atoms with Gasteiger partial charge in [0, 0.05) is 5.33 Å². The Balaban J connectivity index is 2.48. The summed E-state index contributed by atoms with van der Waals surface area (Å²) in [7, 11) is 0. The van der Waals surface area contributed by atoms with E-state index in [-0.39, 0.29) is 0 Å². The third kappa shape index (κ3) is 2.09. The van der Waals surface area contributed by atoms with E-state index >= 15 is 0 Å². The van der Waals surface area contributed by atoms with Gasteiger partial charge >= 0.3 is 0 Å². The van der Waals surface area contributed by atoms with E-state index in [1.165, 1.54) is 0 Å². The van der Waals surface area contributed by atoms with E-state index in [0.29, 0.717) is 12.5 Å². The summed E-state index contributed by atoms with van der Waals surface area (Å²) in [5.41, 5.74) is 1.81. The van der Waals surface area contributed by atoms with Crippen LogP contribution in [0.5, 0.6) is 0 Å². The maximum absolute atomic E-state index is 5.53. The van der Waals surface area contributed by atoms with Crippen LogP contribution in [0.15, 0.2) is 30.3 Å². The van der Waals surface area contributed by atoms with Crippen LogP contribution in [-0.2, 0) is 4.74 Å². The number of ether oxygens (including phenoxy) is 1. The zero-order valence-corrected chi connectivity index (χ0v) is 10.5. The standard InChI is InChI=1S/C11H12BrN3O/c1-2-16-11(7-8-12)15-10-6-4-3-5-9(10)13-14-15/h3-7H,2,8H2,1H3. The number of allylic oxidation sites excluding steroid dienone is 1. The number of hydrogen-bond donors (Lipinski definition) is 0. The molecule has 1 aromatic heterocycles. The Hall–Kier alpha value is -1.36. The number of fused-ring (bicyclic) bond motifs is 1. The van der Waals surface area contributed by atoms with Gasteiger partial charge in [0.05, 0.1) is 12.1 Å². The molecule has 16 heavy (non-hydrogen) atoms. The van der Waals surface area contributed by atoms with E-state index in [9.17, 15) is 0 Å². The first-order chi connectivity index (χ1) is 7.86. The molecule has 84 valence electrons. The fourth-order valence-corrected chi connectivity index (χ4v) is 1.73. The number of nitrogens with zero attached hydrogens (tertiary/aromatic N) is 3. The molecule has 4 nitrogen and oxygen atoms in total. The van der Waals surface area contributed by atoms with Gasteiger partial charge in [-0.2, -0.15) is 4.68 Å². The van der Waals surface area contributed by atoms with Crippen molar-refractivity contribution in [2.24, 2.45) is 0 Å². The van der Waals surface area contributed by atoms with Gasteiger partial charge in [-0.1, -0.05) is 33.3 Å². The van der Waals surface area contributed by atoms with Crippen molar-refractivity contribution >= 4 is 32.8 Å². The molecule has 1 heterocycles. The Bertz CT molecular complexity index is 507. The van der Waals surface area contributed by atoms with Crippen LogP contribution in [0, 0.1) is 0 Å². The average Bonchev–Trinajstić information content (AvgIpc) is 2.72. The average molecular weight is 282 g/mol. The lowest BCUT2D eigenvalue weighted by Crippen LogP contribution is -2.04.